The number of ketones is 2. The normalized spacial score (nSPS) is 17.3. The first-order valence-corrected chi connectivity index (χ1v) is 8.75. The van der Waals surface area contributed by atoms with Crippen LogP contribution in [0.2, 0.25) is 0 Å². The van der Waals surface area contributed by atoms with Gasteiger partial charge in [-0.1, -0.05) is 0 Å². The van der Waals surface area contributed by atoms with Crippen molar-refractivity contribution in [1.29, 1.82) is 5.26 Å². The summed E-state index contributed by atoms with van der Waals surface area (Å²) in [6.45, 7) is 5.12. The van der Waals surface area contributed by atoms with Crippen LogP contribution in [0, 0.1) is 30.1 Å². The minimum absolute atomic E-state index is 0.0463. The van der Waals surface area contributed by atoms with Crippen molar-refractivity contribution in [1.82, 2.24) is 9.78 Å². The van der Waals surface area contributed by atoms with E-state index in [-0.39, 0.29) is 34.7 Å². The predicted molar refractivity (Wildman–Crippen MR) is 97.5 cm³/mol. The molecule has 3 rings (SSSR count). The van der Waals surface area contributed by atoms with E-state index in [1.165, 1.54) is 4.68 Å². The maximum Gasteiger partial charge on any atom is 0.269 e. The van der Waals surface area contributed by atoms with Gasteiger partial charge in [-0.15, -0.1) is 0 Å². The second-order valence-corrected chi connectivity index (χ2v) is 6.70. The fourth-order valence-corrected chi connectivity index (χ4v) is 2.32. The summed E-state index contributed by atoms with van der Waals surface area (Å²) in [5.41, 5.74) is 1.36. The third-order valence-corrected chi connectivity index (χ3v) is 4.39. The molecule has 1 unspecified atom stereocenters. The number of aromatic amines is 1. The number of rotatable bonds is 2. The summed E-state index contributed by atoms with van der Waals surface area (Å²) < 4.78 is 1.44. The summed E-state index contributed by atoms with van der Waals surface area (Å²) in [7, 11) is 1.69. The van der Waals surface area contributed by atoms with Crippen molar-refractivity contribution in [2.75, 3.05) is 0 Å². The van der Waals surface area contributed by atoms with Gasteiger partial charge >= 0.3 is 0 Å². The van der Waals surface area contributed by atoms with Crippen molar-refractivity contribution in [3.05, 3.63) is 33.4 Å². The van der Waals surface area contributed by atoms with Gasteiger partial charge in [0.15, 0.2) is 11.6 Å². The third kappa shape index (κ3) is 6.36. The Morgan fingerprint density at radius 3 is 2.27 bits per heavy atom. The Morgan fingerprint density at radius 2 is 1.96 bits per heavy atom. The molecule has 2 aliphatic carbocycles. The van der Waals surface area contributed by atoms with Crippen LogP contribution in [0.4, 0.5) is 0 Å². The van der Waals surface area contributed by atoms with E-state index in [9.17, 15) is 14.4 Å². The fourth-order valence-electron chi connectivity index (χ4n) is 2.32. The Morgan fingerprint density at radius 1 is 1.35 bits per heavy atom. The number of aliphatic hydroxyl groups excluding tert-OH is 1. The van der Waals surface area contributed by atoms with Gasteiger partial charge in [-0.05, 0) is 40.0 Å². The molecule has 0 spiro atoms. The molecule has 26 heavy (non-hydrogen) atoms. The molecule has 0 amide bonds. The topological polar surface area (TPSA) is 116 Å². The molecule has 1 aromatic heterocycles. The van der Waals surface area contributed by atoms with Crippen LogP contribution in [-0.4, -0.2) is 26.5 Å². The van der Waals surface area contributed by atoms with Gasteiger partial charge in [0.2, 0.25) is 0 Å². The first-order chi connectivity index (χ1) is 12.2. The van der Waals surface area contributed by atoms with Crippen LogP contribution in [0.1, 0.15) is 51.5 Å². The third-order valence-electron chi connectivity index (χ3n) is 4.39. The average molecular weight is 361 g/mol. The van der Waals surface area contributed by atoms with Crippen LogP contribution in [0.15, 0.2) is 22.3 Å². The van der Waals surface area contributed by atoms with Gasteiger partial charge in [-0.3, -0.25) is 19.1 Å². The number of aryl methyl sites for hydroxylation is 2. The Balaban J connectivity index is 0.000000195. The van der Waals surface area contributed by atoms with Crippen molar-refractivity contribution in [2.45, 2.75) is 52.9 Å². The lowest BCUT2D eigenvalue weighted by Gasteiger charge is -2.10. The molecule has 7 heteroatoms. The number of aliphatic hydroxyl groups is 1. The minimum atomic E-state index is -0.377. The Kier molecular flexibility index (Phi) is 8.04. The van der Waals surface area contributed by atoms with Gasteiger partial charge in [-0.2, -0.15) is 5.26 Å². The molecular weight excluding hydrogens is 334 g/mol. The van der Waals surface area contributed by atoms with Crippen LogP contribution in [0.25, 0.3) is 0 Å². The molecule has 0 radical (unpaired) electrons. The summed E-state index contributed by atoms with van der Waals surface area (Å²) in [6.07, 6.45) is 5.79. The molecule has 1 atom stereocenters. The Bertz CT molecular complexity index is 753. The van der Waals surface area contributed by atoms with Crippen LogP contribution in [0.5, 0.6) is 0 Å². The molecule has 2 aliphatic rings. The number of allylic oxidation sites excluding steroid dienone is 2. The first kappa shape index (κ1) is 21.4. The van der Waals surface area contributed by atoms with E-state index in [2.05, 4.69) is 5.10 Å². The summed E-state index contributed by atoms with van der Waals surface area (Å²) in [6, 6.07) is 1.94. The molecule has 1 fully saturated rings. The molecule has 142 valence electrons. The number of nitrogens with zero attached hydrogens (tertiary/aromatic N) is 2. The largest absolute Gasteiger partial charge is 0.512 e. The molecule has 2 N–H and O–H groups in total. The Labute approximate surface area is 153 Å². The minimum Gasteiger partial charge on any atom is -0.512 e. The molecule has 0 bridgehead atoms. The number of hydrogen-bond donors (Lipinski definition) is 2. The van der Waals surface area contributed by atoms with Crippen molar-refractivity contribution in [2.24, 2.45) is 18.9 Å². The van der Waals surface area contributed by atoms with E-state index in [1.807, 2.05) is 6.07 Å². The lowest BCUT2D eigenvalue weighted by atomic mass is 9.98. The van der Waals surface area contributed by atoms with Crippen molar-refractivity contribution in [3.63, 3.8) is 0 Å². The van der Waals surface area contributed by atoms with E-state index in [4.69, 9.17) is 10.4 Å². The Hall–Kier alpha value is -2.62. The van der Waals surface area contributed by atoms with Gasteiger partial charge < -0.3 is 10.2 Å². The molecule has 0 aromatic carbocycles. The highest BCUT2D eigenvalue weighted by molar-refractivity contribution is 5.95. The van der Waals surface area contributed by atoms with Crippen LogP contribution in [-0.2, 0) is 16.6 Å². The molecular formula is C19H27N3O4. The summed E-state index contributed by atoms with van der Waals surface area (Å²) >= 11 is 0. The predicted octanol–water partition coefficient (Wildman–Crippen LogP) is 2.72. The average Bonchev–Trinajstić information content (AvgIpc) is 3.43. The molecule has 0 aliphatic heterocycles. The highest BCUT2D eigenvalue weighted by Gasteiger charge is 2.32. The highest BCUT2D eigenvalue weighted by Crippen LogP contribution is 2.32. The number of Topliss-reactive ketones (excluding diaryl/α,β-unsaturated/α-hetero) is 2. The van der Waals surface area contributed by atoms with Crippen LogP contribution in [0.3, 0.4) is 0 Å². The molecule has 1 saturated carbocycles. The highest BCUT2D eigenvalue weighted by atomic mass is 16.3. The van der Waals surface area contributed by atoms with Crippen molar-refractivity contribution < 1.29 is 14.7 Å². The van der Waals surface area contributed by atoms with Gasteiger partial charge in [0.05, 0.1) is 11.8 Å². The second-order valence-electron chi connectivity index (χ2n) is 6.70. The SMILES string of the molecule is CC(C#N)C(=O)C1CC1.CC1=C(O)CCCC1=O.Cc1c[nH]n(C)c1=O. The zero-order chi connectivity index (χ0) is 19.9. The van der Waals surface area contributed by atoms with Gasteiger partial charge in [-0.25, -0.2) is 0 Å². The smallest absolute Gasteiger partial charge is 0.269 e. The number of nitriles is 1. The van der Waals surface area contributed by atoms with E-state index < -0.39 is 0 Å². The standard InChI is InChI=1S/C7H9NO.C7H10O2.C5H8N2O/c1-5(4-8)7(9)6-2-3-6;1-5-6(8)3-2-4-7(5)9;1-4-3-6-7(2)5(4)8/h5-6H,2-3H2,1H3;8H,2-4H2,1H3;3,6H,1-2H3. The lowest BCUT2D eigenvalue weighted by molar-refractivity contribution is -0.122. The maximum atomic E-state index is 10.9. The van der Waals surface area contributed by atoms with E-state index >= 15 is 0 Å². The van der Waals surface area contributed by atoms with Crippen molar-refractivity contribution >= 4 is 11.6 Å². The lowest BCUT2D eigenvalue weighted by Crippen LogP contribution is -2.12. The van der Waals surface area contributed by atoms with Crippen molar-refractivity contribution in [3.8, 4) is 6.07 Å². The van der Waals surface area contributed by atoms with E-state index in [1.54, 1.807) is 34.0 Å². The quantitative estimate of drug-likeness (QED) is 0.840. The number of carbonyl (C=O) groups excluding carboxylic acids is 2. The van der Waals surface area contributed by atoms with E-state index in [0.29, 0.717) is 18.4 Å². The fraction of sp³-hybridized carbons (Fsp3) is 0.579. The first-order valence-electron chi connectivity index (χ1n) is 8.75. The van der Waals surface area contributed by atoms with Crippen LogP contribution >= 0.6 is 0 Å². The summed E-state index contributed by atoms with van der Waals surface area (Å²) in [5, 5.41) is 20.1. The van der Waals surface area contributed by atoms with Gasteiger partial charge in [0, 0.05) is 43.1 Å². The number of carbonyl (C=O) groups is 2. The number of aromatic nitrogens is 2. The molecule has 1 heterocycles. The number of hydrogen-bond acceptors (Lipinski definition) is 5. The van der Waals surface area contributed by atoms with Crippen LogP contribution < -0.4 is 5.56 Å². The summed E-state index contributed by atoms with van der Waals surface area (Å²) in [5.74, 6) is 0.375. The number of nitrogens with one attached hydrogen (secondary N) is 1. The monoisotopic (exact) mass is 361 g/mol. The molecule has 7 nitrogen and oxygen atoms in total. The van der Waals surface area contributed by atoms with Gasteiger partial charge in [0.1, 0.15) is 5.92 Å². The van der Waals surface area contributed by atoms with E-state index in [0.717, 1.165) is 24.8 Å². The molecule has 0 saturated heterocycles. The zero-order valence-corrected chi connectivity index (χ0v) is 15.8. The zero-order valence-electron chi connectivity index (χ0n) is 15.8. The number of H-pyrrole nitrogens is 1. The molecule has 1 aromatic rings. The maximum absolute atomic E-state index is 10.9. The second kappa shape index (κ2) is 9.76. The van der Waals surface area contributed by atoms with Gasteiger partial charge in [0.25, 0.3) is 5.56 Å². The summed E-state index contributed by atoms with van der Waals surface area (Å²) in [4.78, 5) is 32.4.